The summed E-state index contributed by atoms with van der Waals surface area (Å²) < 4.78 is 5.93. The van der Waals surface area contributed by atoms with Crippen molar-refractivity contribution >= 4 is 28.4 Å². The Morgan fingerprint density at radius 3 is 2.26 bits per heavy atom. The summed E-state index contributed by atoms with van der Waals surface area (Å²) in [5, 5.41) is 11.3. The molecule has 3 aromatic rings. The predicted octanol–water partition coefficient (Wildman–Crippen LogP) is 3.71. The highest BCUT2D eigenvalue weighted by molar-refractivity contribution is 5.81. The summed E-state index contributed by atoms with van der Waals surface area (Å²) in [4.78, 5) is 25.4. The molecule has 0 saturated carbocycles. The maximum atomic E-state index is 11.3. The van der Waals surface area contributed by atoms with E-state index in [1.54, 1.807) is 12.1 Å². The van der Waals surface area contributed by atoms with Crippen LogP contribution >= 0.6 is 0 Å². The van der Waals surface area contributed by atoms with Gasteiger partial charge in [0.1, 0.15) is 0 Å². The number of aromatic nitrogens is 2. The molecule has 2 atom stereocenters. The van der Waals surface area contributed by atoms with Gasteiger partial charge >= 0.3 is 0 Å². The van der Waals surface area contributed by atoms with Crippen molar-refractivity contribution in [3.63, 3.8) is 0 Å². The lowest BCUT2D eigenvalue weighted by atomic mass is 9.99. The molecular weight excluding hydrogens is 394 g/mol. The van der Waals surface area contributed by atoms with Crippen molar-refractivity contribution in [3.05, 3.63) is 63.7 Å². The number of hydrogen-bond acceptors (Lipinski definition) is 7. The number of anilines is 2. The zero-order chi connectivity index (χ0) is 21.5. The van der Waals surface area contributed by atoms with E-state index >= 15 is 0 Å². The molecule has 1 saturated heterocycles. The Bertz CT molecular complexity index is 1140. The Balaban J connectivity index is 1.57. The second-order valence-corrected chi connectivity index (χ2v) is 8.40. The number of para-hydroxylation sites is 2. The summed E-state index contributed by atoms with van der Waals surface area (Å²) >= 11 is 0. The molecule has 1 aromatic heterocycles. The fraction of sp³-hybridized carbons (Fsp3) is 0.391. The fourth-order valence-corrected chi connectivity index (χ4v) is 4.59. The summed E-state index contributed by atoms with van der Waals surface area (Å²) in [6.07, 6.45) is 1.03. The van der Waals surface area contributed by atoms with Gasteiger partial charge in [-0.3, -0.25) is 10.1 Å². The second-order valence-electron chi connectivity index (χ2n) is 8.40. The van der Waals surface area contributed by atoms with Gasteiger partial charge in [-0.2, -0.15) is 0 Å². The number of non-ortho nitro benzene ring substituents is 1. The van der Waals surface area contributed by atoms with Gasteiger partial charge < -0.3 is 14.5 Å². The van der Waals surface area contributed by atoms with Crippen LogP contribution in [0.3, 0.4) is 0 Å². The molecule has 1 fully saturated rings. The van der Waals surface area contributed by atoms with E-state index < -0.39 is 0 Å². The molecule has 2 unspecified atom stereocenters. The van der Waals surface area contributed by atoms with E-state index in [2.05, 4.69) is 23.6 Å². The normalized spacial score (nSPS) is 21.2. The molecule has 3 heterocycles. The summed E-state index contributed by atoms with van der Waals surface area (Å²) in [5.41, 5.74) is 3.97. The van der Waals surface area contributed by atoms with Gasteiger partial charge in [-0.15, -0.1) is 0 Å². The highest BCUT2D eigenvalue weighted by atomic mass is 16.6. The molecule has 2 aromatic carbocycles. The van der Waals surface area contributed by atoms with Crippen molar-refractivity contribution in [3.8, 4) is 0 Å². The maximum Gasteiger partial charge on any atom is 0.269 e. The molecule has 0 radical (unpaired) electrons. The molecule has 8 heteroatoms. The molecule has 0 aliphatic carbocycles. The average Bonchev–Trinajstić information content (AvgIpc) is 2.76. The minimum Gasteiger partial charge on any atom is -0.372 e. The maximum absolute atomic E-state index is 11.3. The van der Waals surface area contributed by atoms with E-state index in [9.17, 15) is 10.1 Å². The molecule has 0 amide bonds. The third kappa shape index (κ3) is 3.79. The van der Waals surface area contributed by atoms with Crippen molar-refractivity contribution in [1.82, 2.24) is 9.97 Å². The lowest BCUT2D eigenvalue weighted by Gasteiger charge is -2.38. The van der Waals surface area contributed by atoms with Crippen LogP contribution < -0.4 is 9.80 Å². The highest BCUT2D eigenvalue weighted by Crippen LogP contribution is 2.34. The molecule has 2 aliphatic rings. The van der Waals surface area contributed by atoms with Gasteiger partial charge in [-0.25, -0.2) is 9.97 Å². The van der Waals surface area contributed by atoms with Crippen LogP contribution in [0.1, 0.15) is 25.0 Å². The van der Waals surface area contributed by atoms with E-state index in [-0.39, 0.29) is 22.8 Å². The van der Waals surface area contributed by atoms with Crippen molar-refractivity contribution in [2.45, 2.75) is 39.0 Å². The number of benzene rings is 2. The number of nitro groups is 1. The monoisotopic (exact) mass is 419 g/mol. The molecule has 31 heavy (non-hydrogen) atoms. The van der Waals surface area contributed by atoms with Crippen molar-refractivity contribution < 1.29 is 9.66 Å². The van der Waals surface area contributed by atoms with Gasteiger partial charge in [0.15, 0.2) is 11.6 Å². The smallest absolute Gasteiger partial charge is 0.269 e. The zero-order valence-corrected chi connectivity index (χ0v) is 17.7. The molecule has 0 bridgehead atoms. The van der Waals surface area contributed by atoms with E-state index in [0.29, 0.717) is 6.54 Å². The fourth-order valence-electron chi connectivity index (χ4n) is 4.59. The van der Waals surface area contributed by atoms with Crippen LogP contribution in [0.2, 0.25) is 0 Å². The first kappa shape index (κ1) is 19.7. The molecule has 5 rings (SSSR count). The van der Waals surface area contributed by atoms with Gasteiger partial charge in [0, 0.05) is 38.3 Å². The third-order valence-corrected chi connectivity index (χ3v) is 5.97. The van der Waals surface area contributed by atoms with E-state index in [1.807, 2.05) is 30.3 Å². The molecular formula is C23H25N5O3. The summed E-state index contributed by atoms with van der Waals surface area (Å²) in [7, 11) is 0. The van der Waals surface area contributed by atoms with E-state index in [4.69, 9.17) is 14.7 Å². The van der Waals surface area contributed by atoms with Gasteiger partial charge in [0.2, 0.25) is 0 Å². The molecule has 160 valence electrons. The van der Waals surface area contributed by atoms with Crippen molar-refractivity contribution in [1.29, 1.82) is 0 Å². The number of rotatable bonds is 3. The Kier molecular flexibility index (Phi) is 4.94. The van der Waals surface area contributed by atoms with Crippen LogP contribution in [-0.2, 0) is 17.7 Å². The second kappa shape index (κ2) is 7.77. The van der Waals surface area contributed by atoms with Crippen LogP contribution in [0.15, 0.2) is 42.5 Å². The molecule has 8 nitrogen and oxygen atoms in total. The van der Waals surface area contributed by atoms with Gasteiger partial charge in [-0.1, -0.05) is 18.2 Å². The van der Waals surface area contributed by atoms with E-state index in [1.165, 1.54) is 0 Å². The first-order valence-electron chi connectivity index (χ1n) is 10.7. The van der Waals surface area contributed by atoms with Crippen molar-refractivity contribution in [2.24, 2.45) is 0 Å². The van der Waals surface area contributed by atoms with Crippen LogP contribution in [0.5, 0.6) is 0 Å². The quantitative estimate of drug-likeness (QED) is 0.472. The first-order chi connectivity index (χ1) is 15.0. The Hall–Kier alpha value is -3.26. The first-order valence-corrected chi connectivity index (χ1v) is 10.7. The van der Waals surface area contributed by atoms with Gasteiger partial charge in [0.25, 0.3) is 5.69 Å². The number of morpholine rings is 1. The topological polar surface area (TPSA) is 84.6 Å². The van der Waals surface area contributed by atoms with E-state index in [0.717, 1.165) is 59.9 Å². The van der Waals surface area contributed by atoms with Gasteiger partial charge in [0.05, 0.1) is 28.2 Å². The number of nitro benzene ring substituents is 1. The molecule has 0 spiro atoms. The number of hydrogen-bond donors (Lipinski definition) is 0. The summed E-state index contributed by atoms with van der Waals surface area (Å²) in [6.45, 7) is 7.02. The Labute approximate surface area is 180 Å². The van der Waals surface area contributed by atoms with Crippen LogP contribution in [0.25, 0.3) is 11.0 Å². The number of fused-ring (bicyclic) bond motifs is 2. The highest BCUT2D eigenvalue weighted by Gasteiger charge is 2.29. The standard InChI is InChI=1S/C23H25N5O3/c1-15-12-27(13-16(2)31-15)23-22(24-20-5-3-4-6-21(20)25-23)26-10-9-17-7-8-19(28(29)30)11-18(17)14-26/h3-8,11,15-16H,9-10,12-14H2,1-2H3. The molecule has 0 N–H and O–H groups in total. The average molecular weight is 419 g/mol. The third-order valence-electron chi connectivity index (χ3n) is 5.97. The summed E-state index contributed by atoms with van der Waals surface area (Å²) in [6, 6.07) is 13.1. The van der Waals surface area contributed by atoms with Crippen molar-refractivity contribution in [2.75, 3.05) is 29.4 Å². The number of nitrogens with zero attached hydrogens (tertiary/aromatic N) is 5. The minimum atomic E-state index is -0.336. The Morgan fingerprint density at radius 2 is 1.61 bits per heavy atom. The lowest BCUT2D eigenvalue weighted by molar-refractivity contribution is -0.384. The van der Waals surface area contributed by atoms with Gasteiger partial charge in [-0.05, 0) is 43.5 Å². The largest absolute Gasteiger partial charge is 0.372 e. The van der Waals surface area contributed by atoms with Crippen LogP contribution in [-0.4, -0.2) is 46.7 Å². The van der Waals surface area contributed by atoms with Crippen LogP contribution in [0.4, 0.5) is 17.3 Å². The molecule has 2 aliphatic heterocycles. The lowest BCUT2D eigenvalue weighted by Crippen LogP contribution is -2.46. The Morgan fingerprint density at radius 1 is 0.968 bits per heavy atom. The SMILES string of the molecule is CC1CN(c2nc3ccccc3nc2N2CCc3ccc([N+](=O)[O-])cc3C2)CC(C)O1. The predicted molar refractivity (Wildman–Crippen MR) is 120 cm³/mol. The summed E-state index contributed by atoms with van der Waals surface area (Å²) in [5.74, 6) is 1.69. The van der Waals surface area contributed by atoms with Crippen LogP contribution in [0, 0.1) is 10.1 Å². The minimum absolute atomic E-state index is 0.106. The number of ether oxygens (including phenoxy) is 1. The zero-order valence-electron chi connectivity index (χ0n) is 17.7.